The van der Waals surface area contributed by atoms with Crippen molar-refractivity contribution in [1.29, 1.82) is 0 Å². The van der Waals surface area contributed by atoms with Gasteiger partial charge < -0.3 is 4.57 Å². The molecule has 71 heavy (non-hydrogen) atoms. The van der Waals surface area contributed by atoms with E-state index >= 15 is 0 Å². The highest BCUT2D eigenvalue weighted by molar-refractivity contribution is 7.20. The van der Waals surface area contributed by atoms with Crippen molar-refractivity contribution in [1.82, 2.24) is 4.57 Å². The summed E-state index contributed by atoms with van der Waals surface area (Å²) < 4.78 is 2.62. The molecule has 3 aliphatic rings. The summed E-state index contributed by atoms with van der Waals surface area (Å²) in [5, 5.41) is 13.7. The van der Waals surface area contributed by atoms with Crippen LogP contribution in [0.2, 0.25) is 0 Å². The fourth-order valence-electron chi connectivity index (χ4n) is 13.4. The molecule has 12 aromatic rings. The first-order chi connectivity index (χ1) is 35.3. The van der Waals surface area contributed by atoms with Gasteiger partial charge in [-0.3, -0.25) is 0 Å². The van der Waals surface area contributed by atoms with E-state index in [1.54, 1.807) is 0 Å². The minimum absolute atomic E-state index is 0.00129. The fourth-order valence-corrected chi connectivity index (χ4v) is 23.2. The van der Waals surface area contributed by atoms with Gasteiger partial charge in [-0.05, 0) is 93.1 Å². The number of benzene rings is 11. The van der Waals surface area contributed by atoms with Gasteiger partial charge in [-0.25, -0.2) is 0 Å². The minimum Gasteiger partial charge on any atom is -0.309 e. The van der Waals surface area contributed by atoms with E-state index in [1.165, 1.54) is 102 Å². The highest BCUT2D eigenvalue weighted by Gasteiger charge is 2.50. The summed E-state index contributed by atoms with van der Waals surface area (Å²) in [6, 6.07) is 109. The third-order valence-electron chi connectivity index (χ3n) is 16.1. The molecule has 0 fully saturated rings. The van der Waals surface area contributed by atoms with Crippen molar-refractivity contribution in [2.75, 3.05) is 0 Å². The molecular weight excluding hydrogens is 887 g/mol. The molecule has 334 valence electrons. The Kier molecular flexibility index (Phi) is 9.77. The second-order valence-corrected chi connectivity index (χ2v) is 26.9. The number of aromatic nitrogens is 1. The van der Waals surface area contributed by atoms with Gasteiger partial charge in [-0.2, -0.15) is 0 Å². The van der Waals surface area contributed by atoms with Gasteiger partial charge >= 0.3 is 0 Å². The number of hydrogen-bond donors (Lipinski definition) is 0. The SMILES string of the molecule is c1ccc([Si](c2ccccc2)(c2ccccc2)c2ccc3c(c2)c2ccccc2n3-c2cccc3c2C2c4ccccc4C3c3cccc([Si](c4ccccc4)(c4ccccc4)c4ccccc4)c32)cc1. The molecule has 0 saturated carbocycles. The first-order valence-corrected chi connectivity index (χ1v) is 29.0. The molecule has 15 rings (SSSR count). The minimum atomic E-state index is -2.94. The van der Waals surface area contributed by atoms with Gasteiger partial charge in [-0.15, -0.1) is 0 Å². The number of rotatable bonds is 9. The molecule has 0 radical (unpaired) electrons. The van der Waals surface area contributed by atoms with Crippen LogP contribution in [-0.2, 0) is 0 Å². The lowest BCUT2D eigenvalue weighted by Crippen LogP contribution is -2.75. The predicted octanol–water partition coefficient (Wildman–Crippen LogP) is 10.5. The molecule has 1 aromatic heterocycles. The molecule has 2 unspecified atom stereocenters. The van der Waals surface area contributed by atoms with Crippen molar-refractivity contribution in [3.05, 3.63) is 318 Å². The Hall–Kier alpha value is -8.35. The van der Waals surface area contributed by atoms with E-state index in [9.17, 15) is 0 Å². The summed E-state index contributed by atoms with van der Waals surface area (Å²) in [6.07, 6.45) is 0. The molecule has 11 aromatic carbocycles. The quantitative estimate of drug-likeness (QED) is 0.100. The van der Waals surface area contributed by atoms with Crippen LogP contribution in [0.5, 0.6) is 0 Å². The zero-order valence-corrected chi connectivity index (χ0v) is 41.2. The van der Waals surface area contributed by atoms with Crippen LogP contribution in [0.15, 0.2) is 285 Å². The van der Waals surface area contributed by atoms with Gasteiger partial charge in [-0.1, -0.05) is 267 Å². The summed E-state index contributed by atoms with van der Waals surface area (Å²) in [5.41, 5.74) is 12.3. The maximum absolute atomic E-state index is 2.94. The zero-order chi connectivity index (χ0) is 46.9. The number of para-hydroxylation sites is 1. The Morgan fingerprint density at radius 3 is 1.17 bits per heavy atom. The van der Waals surface area contributed by atoms with E-state index in [0.717, 1.165) is 0 Å². The summed E-state index contributed by atoms with van der Waals surface area (Å²) >= 11 is 0. The molecule has 0 N–H and O–H groups in total. The standard InChI is InChI=1S/C68H49NSi2/c1-7-25-48(26-8-1)70(49-27-9-2-10-28-49,50-29-11-3-12-30-50)54-45-46-62-60(47-54)55-37-21-22-42-61(55)69(62)63-43-23-40-58-65-56-38-19-20-39-57(56)68(66(58)63)67-59(65)41-24-44-64(67)71(51-31-13-4-14-32-51,52-33-15-5-16-34-52)53-35-17-6-18-36-53/h1-47,65,68H. The number of fused-ring (bicyclic) bond motifs is 3. The molecule has 1 nitrogen and oxygen atoms in total. The van der Waals surface area contributed by atoms with Crippen LogP contribution < -0.4 is 41.5 Å². The normalized spacial score (nSPS) is 14.8. The van der Waals surface area contributed by atoms with Crippen LogP contribution in [-0.4, -0.2) is 20.7 Å². The Labute approximate surface area is 417 Å². The maximum Gasteiger partial charge on any atom is 0.179 e. The molecule has 3 heteroatoms. The van der Waals surface area contributed by atoms with Gasteiger partial charge in [0.05, 0.1) is 16.7 Å². The Morgan fingerprint density at radius 1 is 0.254 bits per heavy atom. The highest BCUT2D eigenvalue weighted by atomic mass is 28.3. The predicted molar refractivity (Wildman–Crippen MR) is 303 cm³/mol. The van der Waals surface area contributed by atoms with Crippen molar-refractivity contribution in [3.63, 3.8) is 0 Å². The molecule has 0 amide bonds. The topological polar surface area (TPSA) is 4.93 Å². The molecule has 1 heterocycles. The van der Waals surface area contributed by atoms with Crippen molar-refractivity contribution < 1.29 is 0 Å². The van der Waals surface area contributed by atoms with Gasteiger partial charge in [0.2, 0.25) is 0 Å². The highest BCUT2D eigenvalue weighted by Crippen LogP contribution is 2.57. The lowest BCUT2D eigenvalue weighted by molar-refractivity contribution is 0.752. The summed E-state index contributed by atoms with van der Waals surface area (Å²) in [6.45, 7) is 0. The first-order valence-electron chi connectivity index (χ1n) is 25.0. The molecule has 0 saturated heterocycles. The van der Waals surface area contributed by atoms with E-state index in [1.807, 2.05) is 0 Å². The fraction of sp³-hybridized carbons (Fsp3) is 0.0294. The van der Waals surface area contributed by atoms with Crippen LogP contribution in [0.3, 0.4) is 0 Å². The van der Waals surface area contributed by atoms with Crippen LogP contribution in [0.4, 0.5) is 0 Å². The summed E-state index contributed by atoms with van der Waals surface area (Å²) in [4.78, 5) is 0. The smallest absolute Gasteiger partial charge is 0.179 e. The van der Waals surface area contributed by atoms with Gasteiger partial charge in [0.1, 0.15) is 0 Å². The third-order valence-corrected chi connectivity index (χ3v) is 25.7. The third kappa shape index (κ3) is 6.04. The monoisotopic (exact) mass is 935 g/mol. The second kappa shape index (κ2) is 16.7. The zero-order valence-electron chi connectivity index (χ0n) is 39.2. The summed E-state index contributed by atoms with van der Waals surface area (Å²) in [5.74, 6) is 0.0884. The molecule has 3 aliphatic carbocycles. The van der Waals surface area contributed by atoms with Crippen molar-refractivity contribution in [3.8, 4) is 5.69 Å². The van der Waals surface area contributed by atoms with Gasteiger partial charge in [0, 0.05) is 22.6 Å². The van der Waals surface area contributed by atoms with Gasteiger partial charge in [0.15, 0.2) is 16.1 Å². The van der Waals surface area contributed by atoms with Crippen LogP contribution in [0.25, 0.3) is 27.5 Å². The van der Waals surface area contributed by atoms with E-state index in [-0.39, 0.29) is 11.8 Å². The van der Waals surface area contributed by atoms with Crippen LogP contribution in [0, 0.1) is 0 Å². The van der Waals surface area contributed by atoms with Crippen molar-refractivity contribution in [2.24, 2.45) is 0 Å². The van der Waals surface area contributed by atoms with Crippen LogP contribution in [0.1, 0.15) is 45.2 Å². The summed E-state index contributed by atoms with van der Waals surface area (Å²) in [7, 11) is -5.74. The second-order valence-electron chi connectivity index (χ2n) is 19.4. The van der Waals surface area contributed by atoms with Crippen molar-refractivity contribution in [2.45, 2.75) is 11.8 Å². The van der Waals surface area contributed by atoms with E-state index in [2.05, 4.69) is 290 Å². The first kappa shape index (κ1) is 41.6. The molecular formula is C68H49NSi2. The Balaban J connectivity index is 1.06. The van der Waals surface area contributed by atoms with E-state index in [4.69, 9.17) is 0 Å². The average Bonchev–Trinajstić information content (AvgIpc) is 3.79. The lowest BCUT2D eigenvalue weighted by Gasteiger charge is -2.46. The molecule has 2 atom stereocenters. The van der Waals surface area contributed by atoms with Gasteiger partial charge in [0.25, 0.3) is 0 Å². The van der Waals surface area contributed by atoms with Crippen molar-refractivity contribution >= 4 is 79.4 Å². The molecule has 0 spiro atoms. The number of hydrogen-bond acceptors (Lipinski definition) is 0. The molecule has 2 bridgehead atoms. The number of nitrogens with zero attached hydrogens (tertiary/aromatic N) is 1. The Morgan fingerprint density at radius 2 is 0.648 bits per heavy atom. The largest absolute Gasteiger partial charge is 0.309 e. The lowest BCUT2D eigenvalue weighted by atomic mass is 9.60. The molecule has 0 aliphatic heterocycles. The Bertz CT molecular complexity index is 3730. The average molecular weight is 936 g/mol. The maximum atomic E-state index is 2.62. The van der Waals surface area contributed by atoms with E-state index in [0.29, 0.717) is 0 Å². The van der Waals surface area contributed by atoms with E-state index < -0.39 is 16.1 Å². The van der Waals surface area contributed by atoms with Crippen LogP contribution >= 0.6 is 0 Å².